The molecule has 11 N–H and O–H groups in total. The Morgan fingerprint density at radius 3 is 2.03 bits per heavy atom. The van der Waals surface area contributed by atoms with Crippen LogP contribution in [0.4, 0.5) is 0 Å². The highest BCUT2D eigenvalue weighted by atomic mass is 16.7. The van der Waals surface area contributed by atoms with E-state index in [1.807, 2.05) is 0 Å². The molecule has 4 heterocycles. The van der Waals surface area contributed by atoms with Crippen LogP contribution in [-0.4, -0.2) is 168 Å². The number of rotatable bonds is 12. The number of aliphatic hydroxyl groups is 8. The third kappa shape index (κ3) is 9.84. The van der Waals surface area contributed by atoms with Gasteiger partial charge < -0.3 is 98.5 Å². The smallest absolute Gasteiger partial charge is 0.330 e. The van der Waals surface area contributed by atoms with Gasteiger partial charge in [-0.2, -0.15) is 0 Å². The molecule has 0 saturated carbocycles. The fourth-order valence-electron chi connectivity index (χ4n) is 7.35. The Labute approximate surface area is 367 Å². The highest BCUT2D eigenvalue weighted by Gasteiger charge is 2.51. The second kappa shape index (κ2) is 19.5. The van der Waals surface area contributed by atoms with E-state index < -0.39 is 127 Å². The monoisotopic (exact) mass is 916 g/mol. The van der Waals surface area contributed by atoms with Gasteiger partial charge in [-0.15, -0.1) is 0 Å². The van der Waals surface area contributed by atoms with Gasteiger partial charge in [-0.3, -0.25) is 4.79 Å². The first-order chi connectivity index (χ1) is 30.9. The topological polar surface area (TPSA) is 344 Å². The van der Waals surface area contributed by atoms with Gasteiger partial charge in [0.25, 0.3) is 0 Å². The standard InChI is InChI=1S/C43H48O22/c1-16-29(48)33(52)35(54)41(59-16)65-40-32(51)28-23(46)13-21(14-25(28)62-38(40)19-6-8-20(44)9-7-19)61-43-37(56)39(30(49)17(2)60-43)64-42-36(55)34(53)31(50)26(63-42)15-58-27(47)11-5-18-4-10-22(45)24(12-18)57-3/h4-14,16-17,26,29-31,33-37,39,41-46,48-50,52-56H,15H2,1-3H3/b11-5+/t16-,17-,26+,29-,30-,31+,33+,34-,35+,36+,37+,39+,41-,42-,43-/m0/s1. The van der Waals surface area contributed by atoms with Gasteiger partial charge in [0.1, 0.15) is 95.9 Å². The first-order valence-corrected chi connectivity index (χ1v) is 20.1. The van der Waals surface area contributed by atoms with Gasteiger partial charge >= 0.3 is 5.97 Å². The van der Waals surface area contributed by atoms with Crippen LogP contribution < -0.4 is 19.6 Å². The van der Waals surface area contributed by atoms with Crippen LogP contribution in [0.2, 0.25) is 0 Å². The van der Waals surface area contributed by atoms with E-state index in [-0.39, 0.29) is 39.9 Å². The van der Waals surface area contributed by atoms with Crippen LogP contribution in [0.15, 0.2) is 69.9 Å². The van der Waals surface area contributed by atoms with Crippen molar-refractivity contribution in [2.45, 2.75) is 106 Å². The van der Waals surface area contributed by atoms with Gasteiger partial charge in [0, 0.05) is 23.8 Å². The SMILES string of the molecule is COc1cc(/C=C/C(=O)OC[C@H]2O[C@@H](O[C@@H]3[C@@H](O)[C@H](C)O[C@@H](Oc4cc(O)c5c(=O)c(O[C@@H]6O[C@@H](C)[C@H](O)[C@@H](O)[C@H]6O)c(-c6ccc(O)cc6)oc5c4)[C@@H]3O)[C@H](O)[C@@H](O)[C@@H]2O)ccc1O. The summed E-state index contributed by atoms with van der Waals surface area (Å²) in [5.41, 5.74) is -0.669. The predicted octanol–water partition coefficient (Wildman–Crippen LogP) is -0.913. The molecule has 0 bridgehead atoms. The van der Waals surface area contributed by atoms with Crippen molar-refractivity contribution in [2.24, 2.45) is 0 Å². The maximum atomic E-state index is 14.1. The Balaban J connectivity index is 1.09. The van der Waals surface area contributed by atoms with E-state index >= 15 is 0 Å². The number of benzene rings is 3. The van der Waals surface area contributed by atoms with E-state index in [9.17, 15) is 65.8 Å². The Morgan fingerprint density at radius 1 is 0.692 bits per heavy atom. The van der Waals surface area contributed by atoms with Crippen LogP contribution in [0, 0.1) is 0 Å². The Kier molecular flexibility index (Phi) is 14.2. The van der Waals surface area contributed by atoms with E-state index in [2.05, 4.69) is 0 Å². The third-order valence-electron chi connectivity index (χ3n) is 11.1. The first kappa shape index (κ1) is 47.4. The van der Waals surface area contributed by atoms with Crippen LogP contribution >= 0.6 is 0 Å². The average molecular weight is 917 g/mol. The van der Waals surface area contributed by atoms with Gasteiger partial charge in [0.15, 0.2) is 23.5 Å². The van der Waals surface area contributed by atoms with Crippen LogP contribution in [0.25, 0.3) is 28.4 Å². The number of phenolic OH excluding ortho intramolecular Hbond substituents is 3. The highest BCUT2D eigenvalue weighted by Crippen LogP contribution is 2.39. The maximum Gasteiger partial charge on any atom is 0.330 e. The molecule has 0 unspecified atom stereocenters. The zero-order valence-electron chi connectivity index (χ0n) is 34.6. The molecule has 7 rings (SSSR count). The number of hydrogen-bond donors (Lipinski definition) is 11. The lowest BCUT2D eigenvalue weighted by molar-refractivity contribution is -0.350. The maximum absolute atomic E-state index is 14.1. The Bertz CT molecular complexity index is 2400. The highest BCUT2D eigenvalue weighted by molar-refractivity contribution is 5.88. The minimum Gasteiger partial charge on any atom is -0.508 e. The number of aromatic hydroxyl groups is 3. The lowest BCUT2D eigenvalue weighted by atomic mass is 9.97. The Morgan fingerprint density at radius 2 is 1.34 bits per heavy atom. The van der Waals surface area contributed by atoms with Gasteiger partial charge in [-0.25, -0.2) is 4.79 Å². The van der Waals surface area contributed by atoms with Crippen LogP contribution in [0.3, 0.4) is 0 Å². The summed E-state index contributed by atoms with van der Waals surface area (Å²) in [7, 11) is 1.35. The molecule has 22 nitrogen and oxygen atoms in total. The van der Waals surface area contributed by atoms with Crippen molar-refractivity contribution >= 4 is 23.0 Å². The average Bonchev–Trinajstić information content (AvgIpc) is 3.28. The summed E-state index contributed by atoms with van der Waals surface area (Å²) >= 11 is 0. The zero-order chi connectivity index (χ0) is 47.0. The molecule has 65 heavy (non-hydrogen) atoms. The zero-order valence-corrected chi connectivity index (χ0v) is 34.6. The molecule has 352 valence electrons. The van der Waals surface area contributed by atoms with Crippen LogP contribution in [-0.2, 0) is 28.5 Å². The molecule has 3 aliphatic heterocycles. The number of esters is 1. The van der Waals surface area contributed by atoms with Crippen LogP contribution in [0.1, 0.15) is 19.4 Å². The number of fused-ring (bicyclic) bond motifs is 1. The summed E-state index contributed by atoms with van der Waals surface area (Å²) in [6.45, 7) is 2.14. The third-order valence-corrected chi connectivity index (χ3v) is 11.1. The van der Waals surface area contributed by atoms with Gasteiger partial charge in [-0.05, 0) is 61.9 Å². The molecule has 22 heteroatoms. The fourth-order valence-corrected chi connectivity index (χ4v) is 7.35. The van der Waals surface area contributed by atoms with E-state index in [1.54, 1.807) is 0 Å². The van der Waals surface area contributed by atoms with Gasteiger partial charge in [0.05, 0.1) is 19.3 Å². The minimum absolute atomic E-state index is 0.117. The molecule has 15 atom stereocenters. The number of carbonyl (C=O) groups excluding carboxylic acids is 1. The number of carbonyl (C=O) groups is 1. The van der Waals surface area contributed by atoms with Crippen molar-refractivity contribution in [3.63, 3.8) is 0 Å². The number of phenols is 3. The molecule has 0 amide bonds. The summed E-state index contributed by atoms with van der Waals surface area (Å²) in [5.74, 6) is -2.88. The van der Waals surface area contributed by atoms with Crippen molar-refractivity contribution < 1.29 is 103 Å². The molecular formula is C43H48O22. The van der Waals surface area contributed by atoms with Gasteiger partial charge in [-0.1, -0.05) is 6.07 Å². The number of ether oxygens (including phenoxy) is 8. The number of hydrogen-bond acceptors (Lipinski definition) is 22. The second-order valence-corrected chi connectivity index (χ2v) is 15.6. The molecule has 0 aliphatic carbocycles. The van der Waals surface area contributed by atoms with E-state index in [4.69, 9.17) is 42.3 Å². The van der Waals surface area contributed by atoms with Crippen molar-refractivity contribution in [3.8, 4) is 45.8 Å². The number of methoxy groups -OCH3 is 1. The van der Waals surface area contributed by atoms with Gasteiger partial charge in [0.2, 0.25) is 23.8 Å². The lowest BCUT2D eigenvalue weighted by Gasteiger charge is -2.45. The molecule has 3 aromatic carbocycles. The molecule has 4 aromatic rings. The Hall–Kier alpha value is -5.60. The minimum atomic E-state index is -1.96. The van der Waals surface area contributed by atoms with E-state index in [1.165, 1.54) is 69.5 Å². The molecular weight excluding hydrogens is 868 g/mol. The van der Waals surface area contributed by atoms with Crippen molar-refractivity contribution in [1.82, 2.24) is 0 Å². The second-order valence-electron chi connectivity index (χ2n) is 15.6. The summed E-state index contributed by atoms with van der Waals surface area (Å²) in [6.07, 6.45) is -22.5. The molecule has 3 saturated heterocycles. The predicted molar refractivity (Wildman–Crippen MR) is 217 cm³/mol. The molecule has 0 spiro atoms. The summed E-state index contributed by atoms with van der Waals surface area (Å²) in [6, 6.07) is 11.7. The normalized spacial score (nSPS) is 32.9. The van der Waals surface area contributed by atoms with Crippen molar-refractivity contribution in [3.05, 3.63) is 76.5 Å². The van der Waals surface area contributed by atoms with E-state index in [0.29, 0.717) is 5.56 Å². The molecule has 3 fully saturated rings. The van der Waals surface area contributed by atoms with E-state index in [0.717, 1.165) is 18.2 Å². The summed E-state index contributed by atoms with van der Waals surface area (Å²) < 4.78 is 50.6. The number of aliphatic hydroxyl groups excluding tert-OH is 8. The quantitative estimate of drug-likeness (QED) is 0.0605. The fraction of sp³-hybridized carbons (Fsp3) is 0.442. The molecule has 1 aromatic heterocycles. The lowest BCUT2D eigenvalue weighted by Crippen LogP contribution is -2.64. The summed E-state index contributed by atoms with van der Waals surface area (Å²) in [5, 5.41) is 116. The van der Waals surface area contributed by atoms with Crippen LogP contribution in [0.5, 0.6) is 34.5 Å². The molecule has 0 radical (unpaired) electrons. The first-order valence-electron chi connectivity index (χ1n) is 20.1. The largest absolute Gasteiger partial charge is 0.508 e. The van der Waals surface area contributed by atoms with Crippen molar-refractivity contribution in [1.29, 1.82) is 0 Å². The van der Waals surface area contributed by atoms with Crippen molar-refractivity contribution in [2.75, 3.05) is 13.7 Å². The molecule has 3 aliphatic rings. The summed E-state index contributed by atoms with van der Waals surface area (Å²) in [4.78, 5) is 26.6.